The molecule has 2 aliphatic heterocycles. The van der Waals surface area contributed by atoms with Crippen molar-refractivity contribution in [3.05, 3.63) is 93.4 Å². The maximum Gasteiger partial charge on any atom is 0.258 e. The van der Waals surface area contributed by atoms with Crippen molar-refractivity contribution in [2.24, 2.45) is 5.92 Å². The molecule has 3 aromatic rings. The fourth-order valence-electron chi connectivity index (χ4n) is 5.45. The molecule has 5 rings (SSSR count). The topological polar surface area (TPSA) is 69.3 Å². The molecule has 6 heteroatoms. The number of likely N-dealkylation sites (tertiary alicyclic amines) is 1. The summed E-state index contributed by atoms with van der Waals surface area (Å²) in [5.41, 5.74) is 5.10. The number of benzene rings is 2. The van der Waals surface area contributed by atoms with Gasteiger partial charge < -0.3 is 14.4 Å². The molecule has 1 saturated heterocycles. The highest BCUT2D eigenvalue weighted by Crippen LogP contribution is 2.36. The monoisotopic (exact) mass is 452 g/mol. The number of pyridine rings is 1. The van der Waals surface area contributed by atoms with Crippen LogP contribution >= 0.6 is 0 Å². The largest absolute Gasteiger partial charge is 0.338 e. The van der Waals surface area contributed by atoms with E-state index in [1.165, 1.54) is 0 Å². The summed E-state index contributed by atoms with van der Waals surface area (Å²) < 4.78 is 1.95. The first-order valence-corrected chi connectivity index (χ1v) is 11.7. The average molecular weight is 453 g/mol. The number of aromatic nitrogens is 1. The normalized spacial score (nSPS) is 18.9. The molecule has 2 aromatic carbocycles. The van der Waals surface area contributed by atoms with Crippen LogP contribution in [0.15, 0.2) is 65.5 Å². The van der Waals surface area contributed by atoms with Gasteiger partial charge in [-0.1, -0.05) is 24.3 Å². The lowest BCUT2D eigenvalue weighted by molar-refractivity contribution is 0.0594. The first-order valence-electron chi connectivity index (χ1n) is 11.7. The van der Waals surface area contributed by atoms with Gasteiger partial charge in [0.05, 0.1) is 11.6 Å². The molecule has 1 aromatic heterocycles. The number of amides is 1. The Bertz CT molecular complexity index is 1330. The van der Waals surface area contributed by atoms with Crippen molar-refractivity contribution in [2.45, 2.75) is 25.4 Å². The predicted octanol–water partition coefficient (Wildman–Crippen LogP) is 3.71. The highest BCUT2D eigenvalue weighted by atomic mass is 16.2. The summed E-state index contributed by atoms with van der Waals surface area (Å²) >= 11 is 0. The van der Waals surface area contributed by atoms with Crippen molar-refractivity contribution in [1.82, 2.24) is 14.4 Å². The molecule has 2 unspecified atom stereocenters. The van der Waals surface area contributed by atoms with E-state index in [0.29, 0.717) is 30.8 Å². The SMILES string of the molecule is CN(C)Cc1ccccc1-c1ccc2n(c1=O)CC1CC2CN(C(=O)c2ccc(C#N)cc2)C1. The molecule has 1 fully saturated rings. The number of hydrogen-bond acceptors (Lipinski definition) is 4. The second-order valence-corrected chi connectivity index (χ2v) is 9.68. The first-order chi connectivity index (χ1) is 16.4. The summed E-state index contributed by atoms with van der Waals surface area (Å²) in [7, 11) is 4.06. The van der Waals surface area contributed by atoms with Crippen molar-refractivity contribution in [3.8, 4) is 17.2 Å². The molecular weight excluding hydrogens is 424 g/mol. The summed E-state index contributed by atoms with van der Waals surface area (Å²) in [5.74, 6) is 0.386. The Labute approximate surface area is 199 Å². The van der Waals surface area contributed by atoms with Crippen molar-refractivity contribution >= 4 is 5.91 Å². The zero-order valence-corrected chi connectivity index (χ0v) is 19.6. The molecule has 0 saturated carbocycles. The van der Waals surface area contributed by atoms with Crippen molar-refractivity contribution in [3.63, 3.8) is 0 Å². The van der Waals surface area contributed by atoms with Crippen molar-refractivity contribution in [1.29, 1.82) is 5.26 Å². The Kier molecular flexibility index (Phi) is 5.80. The number of hydrogen-bond donors (Lipinski definition) is 0. The number of fused-ring (bicyclic) bond motifs is 4. The Hall–Kier alpha value is -3.69. The molecule has 2 bridgehead atoms. The number of piperidine rings is 1. The molecule has 34 heavy (non-hydrogen) atoms. The first kappa shape index (κ1) is 22.1. The van der Waals surface area contributed by atoms with Gasteiger partial charge in [0.15, 0.2) is 0 Å². The van der Waals surface area contributed by atoms with Gasteiger partial charge in [0.2, 0.25) is 0 Å². The molecule has 3 heterocycles. The third-order valence-corrected chi connectivity index (χ3v) is 6.95. The van der Waals surface area contributed by atoms with Crippen LogP contribution in [0, 0.1) is 17.2 Å². The summed E-state index contributed by atoms with van der Waals surface area (Å²) in [6.45, 7) is 2.65. The smallest absolute Gasteiger partial charge is 0.258 e. The summed E-state index contributed by atoms with van der Waals surface area (Å²) in [4.78, 5) is 30.8. The molecule has 0 spiro atoms. The van der Waals surface area contributed by atoms with Gasteiger partial charge in [-0.3, -0.25) is 9.59 Å². The minimum Gasteiger partial charge on any atom is -0.338 e. The summed E-state index contributed by atoms with van der Waals surface area (Å²) in [5, 5.41) is 9.01. The van der Waals surface area contributed by atoms with Crippen LogP contribution in [0.3, 0.4) is 0 Å². The van der Waals surface area contributed by atoms with E-state index in [4.69, 9.17) is 5.26 Å². The number of carbonyl (C=O) groups is 1. The van der Waals surface area contributed by atoms with Crippen molar-refractivity contribution in [2.75, 3.05) is 27.2 Å². The summed E-state index contributed by atoms with van der Waals surface area (Å²) in [6, 6.07) is 21.1. The zero-order chi connectivity index (χ0) is 23.8. The van der Waals surface area contributed by atoms with Gasteiger partial charge in [-0.2, -0.15) is 5.26 Å². The zero-order valence-electron chi connectivity index (χ0n) is 19.6. The van der Waals surface area contributed by atoms with Crippen LogP contribution in [0.4, 0.5) is 0 Å². The van der Waals surface area contributed by atoms with Gasteiger partial charge >= 0.3 is 0 Å². The van der Waals surface area contributed by atoms with Gasteiger partial charge in [0, 0.05) is 48.9 Å². The standard InChI is InChI=1S/C28H28N4O2/c1-30(2)17-22-5-3-4-6-24(22)25-11-12-26-23-13-20(16-32(26)28(25)34)15-31(18-23)27(33)21-9-7-19(14-29)8-10-21/h3-12,20,23H,13,15-18H2,1-2H3. The molecular formula is C28H28N4O2. The van der Waals surface area contributed by atoms with E-state index in [1.54, 1.807) is 24.3 Å². The fourth-order valence-corrected chi connectivity index (χ4v) is 5.45. The van der Waals surface area contributed by atoms with Gasteiger partial charge in [-0.15, -0.1) is 0 Å². The van der Waals surface area contributed by atoms with E-state index in [2.05, 4.69) is 23.1 Å². The lowest BCUT2D eigenvalue weighted by Gasteiger charge is -2.43. The minimum atomic E-state index is -0.00998. The number of rotatable bonds is 4. The predicted molar refractivity (Wildman–Crippen MR) is 131 cm³/mol. The lowest BCUT2D eigenvalue weighted by Crippen LogP contribution is -2.49. The summed E-state index contributed by atoms with van der Waals surface area (Å²) in [6.07, 6.45) is 0.993. The molecule has 0 N–H and O–H groups in total. The maximum atomic E-state index is 13.6. The highest BCUT2D eigenvalue weighted by molar-refractivity contribution is 5.94. The maximum absolute atomic E-state index is 13.6. The van der Waals surface area contributed by atoms with Crippen LogP contribution in [0.1, 0.15) is 39.5 Å². The van der Waals surface area contributed by atoms with Crippen molar-refractivity contribution < 1.29 is 4.79 Å². The van der Waals surface area contributed by atoms with Gasteiger partial charge in [-0.25, -0.2) is 0 Å². The Morgan fingerprint density at radius 2 is 1.76 bits per heavy atom. The molecule has 172 valence electrons. The van der Waals surface area contributed by atoms with E-state index in [-0.39, 0.29) is 23.3 Å². The second kappa shape index (κ2) is 8.92. The fraction of sp³-hybridized carbons (Fsp3) is 0.321. The van der Waals surface area contributed by atoms with Crippen LogP contribution in [-0.4, -0.2) is 47.5 Å². The number of carbonyl (C=O) groups excluding carboxylic acids is 1. The minimum absolute atomic E-state index is 0.00998. The third-order valence-electron chi connectivity index (χ3n) is 6.95. The lowest BCUT2D eigenvalue weighted by atomic mass is 9.82. The molecule has 6 nitrogen and oxygen atoms in total. The Morgan fingerprint density at radius 1 is 1.00 bits per heavy atom. The van der Waals surface area contributed by atoms with E-state index in [1.807, 2.05) is 47.8 Å². The number of nitriles is 1. The van der Waals surface area contributed by atoms with Crippen LogP contribution in [0.25, 0.3) is 11.1 Å². The van der Waals surface area contributed by atoms with E-state index >= 15 is 0 Å². The third kappa shape index (κ3) is 4.04. The quantitative estimate of drug-likeness (QED) is 0.605. The highest BCUT2D eigenvalue weighted by Gasteiger charge is 2.37. The Morgan fingerprint density at radius 3 is 2.50 bits per heavy atom. The number of nitrogens with zero attached hydrogens (tertiary/aromatic N) is 4. The van der Waals surface area contributed by atoms with Crippen LogP contribution in [0.5, 0.6) is 0 Å². The molecule has 2 aliphatic rings. The second-order valence-electron chi connectivity index (χ2n) is 9.68. The van der Waals surface area contributed by atoms with Gasteiger partial charge in [0.25, 0.3) is 11.5 Å². The molecule has 0 aliphatic carbocycles. The molecule has 2 atom stereocenters. The van der Waals surface area contributed by atoms with E-state index in [9.17, 15) is 9.59 Å². The van der Waals surface area contributed by atoms with Gasteiger partial charge in [-0.05, 0) is 74.0 Å². The average Bonchev–Trinajstić information content (AvgIpc) is 2.84. The van der Waals surface area contributed by atoms with E-state index < -0.39 is 0 Å². The molecule has 1 amide bonds. The Balaban J connectivity index is 1.44. The van der Waals surface area contributed by atoms with Crippen LogP contribution < -0.4 is 5.56 Å². The van der Waals surface area contributed by atoms with Crippen LogP contribution in [-0.2, 0) is 13.1 Å². The molecule has 0 radical (unpaired) electrons. The van der Waals surface area contributed by atoms with E-state index in [0.717, 1.165) is 35.3 Å². The van der Waals surface area contributed by atoms with Crippen LogP contribution in [0.2, 0.25) is 0 Å². The van der Waals surface area contributed by atoms with Gasteiger partial charge in [0.1, 0.15) is 0 Å².